The number of ether oxygens (including phenoxy) is 1. The Hall–Kier alpha value is -3.48. The van der Waals surface area contributed by atoms with Crippen molar-refractivity contribution in [1.82, 2.24) is 0 Å². The van der Waals surface area contributed by atoms with Gasteiger partial charge >= 0.3 is 0 Å². The Morgan fingerprint density at radius 3 is 2.36 bits per heavy atom. The summed E-state index contributed by atoms with van der Waals surface area (Å²) in [4.78, 5) is 11.2. The third kappa shape index (κ3) is 3.12. The van der Waals surface area contributed by atoms with Crippen LogP contribution in [-0.2, 0) is 0 Å². The molecule has 7 nitrogen and oxygen atoms in total. The predicted molar refractivity (Wildman–Crippen MR) is 93.7 cm³/mol. The molecule has 0 spiro atoms. The summed E-state index contributed by atoms with van der Waals surface area (Å²) in [5, 5.41) is 28.6. The van der Waals surface area contributed by atoms with Gasteiger partial charge in [-0.1, -0.05) is 23.1 Å². The molecular formula is C18H15N3O4. The van der Waals surface area contributed by atoms with Crippen molar-refractivity contribution >= 4 is 27.8 Å². The van der Waals surface area contributed by atoms with Gasteiger partial charge in [0.1, 0.15) is 11.4 Å². The summed E-state index contributed by atoms with van der Waals surface area (Å²) >= 11 is 0. The van der Waals surface area contributed by atoms with Crippen molar-refractivity contribution in [2.75, 3.05) is 7.11 Å². The lowest BCUT2D eigenvalue weighted by atomic mass is 10.1. The van der Waals surface area contributed by atoms with Crippen LogP contribution in [0, 0.1) is 22.2 Å². The van der Waals surface area contributed by atoms with Gasteiger partial charge in [-0.25, -0.2) is 0 Å². The first kappa shape index (κ1) is 16.4. The van der Waals surface area contributed by atoms with Crippen molar-refractivity contribution < 1.29 is 14.5 Å². The summed E-state index contributed by atoms with van der Waals surface area (Å²) < 4.78 is 5.18. The van der Waals surface area contributed by atoms with E-state index in [1.165, 1.54) is 12.1 Å². The molecule has 0 aromatic heterocycles. The normalized spacial score (nSPS) is 11.5. The van der Waals surface area contributed by atoms with Crippen molar-refractivity contribution in [2.45, 2.75) is 6.92 Å². The fourth-order valence-corrected chi connectivity index (χ4v) is 2.65. The van der Waals surface area contributed by atoms with Gasteiger partial charge in [-0.15, -0.1) is 0 Å². The van der Waals surface area contributed by atoms with Crippen LogP contribution in [0.2, 0.25) is 0 Å². The first-order valence-corrected chi connectivity index (χ1v) is 7.51. The van der Waals surface area contributed by atoms with Gasteiger partial charge < -0.3 is 9.94 Å². The molecule has 3 aromatic carbocycles. The van der Waals surface area contributed by atoms with Gasteiger partial charge in [-0.2, -0.15) is 0 Å². The van der Waals surface area contributed by atoms with Crippen LogP contribution in [0.4, 0.5) is 17.1 Å². The van der Waals surface area contributed by atoms with E-state index in [1.807, 2.05) is 6.92 Å². The standard InChI is InChI=1S/C18H15N3O4/c1-12-11-13(7-10-18(12)25-2)20(22)19-16-8-9-17(21(23)24)15-6-4-3-5-14(15)16/h3-11H,1-2H3. The Kier molecular flexibility index (Phi) is 4.30. The second-order valence-corrected chi connectivity index (χ2v) is 5.43. The number of fused-ring (bicyclic) bond motifs is 1. The summed E-state index contributed by atoms with van der Waals surface area (Å²) in [6.07, 6.45) is 0. The third-order valence-electron chi connectivity index (χ3n) is 3.87. The first-order valence-electron chi connectivity index (χ1n) is 7.51. The Bertz CT molecular complexity index is 999. The highest BCUT2D eigenvalue weighted by atomic mass is 16.6. The molecule has 126 valence electrons. The van der Waals surface area contributed by atoms with Crippen LogP contribution in [0.3, 0.4) is 0 Å². The summed E-state index contributed by atoms with van der Waals surface area (Å²) in [5.74, 6) is 0.679. The average Bonchev–Trinajstić information content (AvgIpc) is 2.61. The van der Waals surface area contributed by atoms with E-state index in [1.54, 1.807) is 49.6 Å². The van der Waals surface area contributed by atoms with E-state index in [0.29, 0.717) is 32.8 Å². The Morgan fingerprint density at radius 2 is 1.72 bits per heavy atom. The van der Waals surface area contributed by atoms with E-state index in [4.69, 9.17) is 4.74 Å². The summed E-state index contributed by atoms with van der Waals surface area (Å²) in [6.45, 7) is 1.83. The zero-order valence-electron chi connectivity index (χ0n) is 13.7. The number of methoxy groups -OCH3 is 1. The number of non-ortho nitro benzene ring substituents is 1. The molecule has 0 saturated carbocycles. The molecular weight excluding hydrogens is 322 g/mol. The molecule has 0 N–H and O–H groups in total. The molecule has 0 aliphatic rings. The van der Waals surface area contributed by atoms with Crippen molar-refractivity contribution in [2.24, 2.45) is 5.11 Å². The minimum absolute atomic E-state index is 0.0210. The lowest BCUT2D eigenvalue weighted by Crippen LogP contribution is -1.94. The molecule has 0 bridgehead atoms. The quantitative estimate of drug-likeness (QED) is 0.290. The number of nitro benzene ring substituents is 1. The van der Waals surface area contributed by atoms with E-state index in [0.717, 1.165) is 5.56 Å². The van der Waals surface area contributed by atoms with E-state index < -0.39 is 4.92 Å². The van der Waals surface area contributed by atoms with Gasteiger partial charge in [-0.05, 0) is 30.7 Å². The summed E-state index contributed by atoms with van der Waals surface area (Å²) in [6, 6.07) is 14.6. The van der Waals surface area contributed by atoms with Crippen molar-refractivity contribution in [1.29, 1.82) is 0 Å². The number of nitro groups is 1. The van der Waals surface area contributed by atoms with Crippen LogP contribution < -0.4 is 4.74 Å². The number of azo groups is 1. The van der Waals surface area contributed by atoms with Gasteiger partial charge in [-0.3, -0.25) is 10.1 Å². The number of rotatable bonds is 4. The third-order valence-corrected chi connectivity index (χ3v) is 3.87. The maximum Gasteiger partial charge on any atom is 0.277 e. The number of hydrogen-bond donors (Lipinski definition) is 0. The molecule has 0 fully saturated rings. The van der Waals surface area contributed by atoms with Crippen LogP contribution in [0.1, 0.15) is 5.56 Å². The molecule has 0 amide bonds. The lowest BCUT2D eigenvalue weighted by molar-refractivity contribution is -0.435. The van der Waals surface area contributed by atoms with Crippen LogP contribution in [0.25, 0.3) is 10.8 Å². The molecule has 7 heteroatoms. The minimum atomic E-state index is -0.450. The predicted octanol–water partition coefficient (Wildman–Crippen LogP) is 4.99. The topological polar surface area (TPSA) is 90.8 Å². The van der Waals surface area contributed by atoms with E-state index in [-0.39, 0.29) is 5.69 Å². The molecule has 3 aromatic rings. The molecule has 0 atom stereocenters. The zero-order valence-corrected chi connectivity index (χ0v) is 13.7. The fourth-order valence-electron chi connectivity index (χ4n) is 2.65. The Labute approximate surface area is 143 Å². The second-order valence-electron chi connectivity index (χ2n) is 5.43. The monoisotopic (exact) mass is 337 g/mol. The van der Waals surface area contributed by atoms with E-state index in [9.17, 15) is 15.3 Å². The number of nitrogens with zero attached hydrogens (tertiary/aromatic N) is 3. The highest BCUT2D eigenvalue weighted by molar-refractivity contribution is 5.98. The molecule has 0 aliphatic heterocycles. The van der Waals surface area contributed by atoms with Gasteiger partial charge in [0, 0.05) is 28.7 Å². The molecule has 0 aliphatic carbocycles. The van der Waals surface area contributed by atoms with Gasteiger partial charge in [0.15, 0.2) is 0 Å². The number of benzene rings is 3. The van der Waals surface area contributed by atoms with Crippen LogP contribution in [-0.4, -0.2) is 16.9 Å². The first-order chi connectivity index (χ1) is 12.0. The second kappa shape index (κ2) is 6.56. The van der Waals surface area contributed by atoms with Crippen molar-refractivity contribution in [3.8, 4) is 5.75 Å². The van der Waals surface area contributed by atoms with Crippen LogP contribution in [0.15, 0.2) is 59.7 Å². The minimum Gasteiger partial charge on any atom is -0.594 e. The molecule has 25 heavy (non-hydrogen) atoms. The molecule has 0 saturated heterocycles. The SMILES string of the molecule is COc1ccc([N+]([O-])=Nc2ccc([N+](=O)[O-])c3ccccc23)cc1C. The molecule has 0 unspecified atom stereocenters. The van der Waals surface area contributed by atoms with Crippen LogP contribution in [0.5, 0.6) is 5.75 Å². The molecule has 0 radical (unpaired) electrons. The Balaban J connectivity index is 2.11. The largest absolute Gasteiger partial charge is 0.594 e. The maximum atomic E-state index is 12.4. The maximum absolute atomic E-state index is 12.4. The van der Waals surface area contributed by atoms with Crippen LogP contribution >= 0.6 is 0 Å². The van der Waals surface area contributed by atoms with Crippen molar-refractivity contribution in [3.63, 3.8) is 0 Å². The van der Waals surface area contributed by atoms with Gasteiger partial charge in [0.25, 0.3) is 5.69 Å². The van der Waals surface area contributed by atoms with E-state index in [2.05, 4.69) is 5.11 Å². The highest BCUT2D eigenvalue weighted by Gasteiger charge is 2.16. The molecule has 0 heterocycles. The molecule has 3 rings (SSSR count). The average molecular weight is 337 g/mol. The van der Waals surface area contributed by atoms with Gasteiger partial charge in [0.05, 0.1) is 17.4 Å². The smallest absolute Gasteiger partial charge is 0.277 e. The fraction of sp³-hybridized carbons (Fsp3) is 0.111. The summed E-state index contributed by atoms with van der Waals surface area (Å²) in [5.41, 5.74) is 1.50. The van der Waals surface area contributed by atoms with Gasteiger partial charge in [0.2, 0.25) is 5.69 Å². The summed E-state index contributed by atoms with van der Waals surface area (Å²) in [7, 11) is 1.56. The lowest BCUT2D eigenvalue weighted by Gasteiger charge is -2.06. The van der Waals surface area contributed by atoms with Crippen molar-refractivity contribution in [3.05, 3.63) is 75.5 Å². The number of aryl methyl sites for hydroxylation is 1. The zero-order chi connectivity index (χ0) is 18.0. The number of hydrogen-bond acceptors (Lipinski definition) is 5. The Morgan fingerprint density at radius 1 is 1.00 bits per heavy atom. The highest BCUT2D eigenvalue weighted by Crippen LogP contribution is 2.34. The van der Waals surface area contributed by atoms with E-state index >= 15 is 0 Å².